The Bertz CT molecular complexity index is 1160. The number of fused-ring (bicyclic) bond motifs is 1. The molecule has 6 nitrogen and oxygen atoms in total. The molecule has 2 aromatic carbocycles. The summed E-state index contributed by atoms with van der Waals surface area (Å²) in [5.74, 6) is 0.686. The number of benzene rings is 2. The Balaban J connectivity index is 0.000000405. The second-order valence-electron chi connectivity index (χ2n) is 10.0. The highest BCUT2D eigenvalue weighted by Crippen LogP contribution is 2.34. The normalized spacial score (nSPS) is 15.0. The van der Waals surface area contributed by atoms with Gasteiger partial charge in [-0.15, -0.1) is 13.2 Å². The van der Waals surface area contributed by atoms with Crippen LogP contribution in [0.15, 0.2) is 36.4 Å². The van der Waals surface area contributed by atoms with Crippen molar-refractivity contribution in [3.63, 3.8) is 0 Å². The van der Waals surface area contributed by atoms with Crippen molar-refractivity contribution in [1.82, 2.24) is 9.97 Å². The molecule has 0 spiro atoms. The number of ether oxygens (including phenoxy) is 3. The molecule has 1 aliphatic rings. The number of aryl methyl sites for hydroxylation is 1. The zero-order valence-corrected chi connectivity index (χ0v) is 21.8. The molecule has 1 fully saturated rings. The molecule has 4 rings (SSSR count). The summed E-state index contributed by atoms with van der Waals surface area (Å²) in [7, 11) is 2.88. The topological polar surface area (TPSA) is 73.4 Å². The molecule has 0 amide bonds. The van der Waals surface area contributed by atoms with Gasteiger partial charge in [0.25, 0.3) is 0 Å². The van der Waals surface area contributed by atoms with Gasteiger partial charge in [0.2, 0.25) is 0 Å². The average Bonchev–Trinajstić information content (AvgIpc) is 3.23. The molecule has 37 heavy (non-hydrogen) atoms. The average molecular weight is 521 g/mol. The van der Waals surface area contributed by atoms with Gasteiger partial charge in [-0.05, 0) is 54.0 Å². The van der Waals surface area contributed by atoms with Crippen LogP contribution in [0.1, 0.15) is 69.3 Å². The summed E-state index contributed by atoms with van der Waals surface area (Å²) in [6.45, 7) is 4.76. The maximum absolute atomic E-state index is 12.2. The quantitative estimate of drug-likeness (QED) is 0.335. The summed E-state index contributed by atoms with van der Waals surface area (Å²) in [4.78, 5) is 19.1. The van der Waals surface area contributed by atoms with Gasteiger partial charge in [0.1, 0.15) is 17.3 Å². The fourth-order valence-electron chi connectivity index (χ4n) is 4.45. The van der Waals surface area contributed by atoms with Gasteiger partial charge < -0.3 is 19.2 Å². The first-order chi connectivity index (χ1) is 17.5. The van der Waals surface area contributed by atoms with E-state index in [0.717, 1.165) is 16.6 Å². The first-order valence-corrected chi connectivity index (χ1v) is 12.4. The third-order valence-electron chi connectivity index (χ3n) is 6.49. The zero-order valence-electron chi connectivity index (χ0n) is 21.8. The highest BCUT2D eigenvalue weighted by atomic mass is 19.4. The number of imidazole rings is 1. The van der Waals surface area contributed by atoms with Crippen LogP contribution in [0.25, 0.3) is 11.0 Å². The van der Waals surface area contributed by atoms with E-state index in [9.17, 15) is 18.0 Å². The molecule has 3 aromatic rings. The number of aromatic amines is 1. The van der Waals surface area contributed by atoms with Gasteiger partial charge in [0, 0.05) is 18.9 Å². The number of nitrogens with zero attached hydrogens (tertiary/aromatic N) is 1. The Labute approximate surface area is 215 Å². The summed E-state index contributed by atoms with van der Waals surface area (Å²) >= 11 is 0. The lowest BCUT2D eigenvalue weighted by Crippen LogP contribution is -2.17. The van der Waals surface area contributed by atoms with Crippen LogP contribution >= 0.6 is 0 Å². The lowest BCUT2D eigenvalue weighted by molar-refractivity contribution is -0.274. The number of alkyl halides is 3. The monoisotopic (exact) mass is 520 g/mol. The Kier molecular flexibility index (Phi) is 9.45. The molecule has 0 radical (unpaired) electrons. The summed E-state index contributed by atoms with van der Waals surface area (Å²) in [6, 6.07) is 9.28. The number of hydrogen-bond acceptors (Lipinski definition) is 5. The molecule has 0 atom stereocenters. The van der Waals surface area contributed by atoms with Crippen LogP contribution in [0.2, 0.25) is 0 Å². The smallest absolute Gasteiger partial charge is 0.496 e. The highest BCUT2D eigenvalue weighted by Gasteiger charge is 2.31. The lowest BCUT2D eigenvalue weighted by Gasteiger charge is -2.28. The number of aromatic nitrogens is 2. The Hall–Kier alpha value is -3.23. The lowest BCUT2D eigenvalue weighted by atomic mass is 9.78. The first kappa shape index (κ1) is 28.3. The van der Waals surface area contributed by atoms with E-state index in [2.05, 4.69) is 33.3 Å². The minimum Gasteiger partial charge on any atom is -0.496 e. The van der Waals surface area contributed by atoms with E-state index in [4.69, 9.17) is 4.74 Å². The van der Waals surface area contributed by atoms with Crippen molar-refractivity contribution in [3.8, 4) is 11.5 Å². The maximum atomic E-state index is 12.2. The van der Waals surface area contributed by atoms with Crippen molar-refractivity contribution in [2.45, 2.75) is 71.6 Å². The van der Waals surface area contributed by atoms with Crippen molar-refractivity contribution in [2.24, 2.45) is 5.41 Å². The van der Waals surface area contributed by atoms with Crippen LogP contribution in [-0.2, 0) is 22.4 Å². The van der Waals surface area contributed by atoms with Gasteiger partial charge >= 0.3 is 12.3 Å². The van der Waals surface area contributed by atoms with Gasteiger partial charge in [0.15, 0.2) is 0 Å². The van der Waals surface area contributed by atoms with Crippen molar-refractivity contribution >= 4 is 17.0 Å². The second kappa shape index (κ2) is 12.3. The van der Waals surface area contributed by atoms with Crippen molar-refractivity contribution in [2.75, 3.05) is 14.2 Å². The highest BCUT2D eigenvalue weighted by molar-refractivity contribution is 5.79. The van der Waals surface area contributed by atoms with Crippen molar-refractivity contribution in [1.29, 1.82) is 0 Å². The zero-order chi connectivity index (χ0) is 27.1. The number of halogens is 3. The first-order valence-electron chi connectivity index (χ1n) is 12.4. The number of carbonyl (C=O) groups excluding carboxylic acids is 1. The number of carbonyl (C=O) groups is 1. The third-order valence-corrected chi connectivity index (χ3v) is 6.49. The van der Waals surface area contributed by atoms with Crippen molar-refractivity contribution in [3.05, 3.63) is 53.3 Å². The molecular weight excluding hydrogens is 485 g/mol. The minimum absolute atomic E-state index is 0.228. The van der Waals surface area contributed by atoms with E-state index in [1.165, 1.54) is 51.3 Å². The van der Waals surface area contributed by atoms with E-state index in [0.29, 0.717) is 35.3 Å². The second-order valence-corrected chi connectivity index (χ2v) is 10.0. The van der Waals surface area contributed by atoms with Crippen LogP contribution in [0, 0.1) is 5.41 Å². The molecular formula is C28H35F3N2O4. The fraction of sp³-hybridized carbons (Fsp3) is 0.500. The Morgan fingerprint density at radius 3 is 2.27 bits per heavy atom. The van der Waals surface area contributed by atoms with Crippen LogP contribution < -0.4 is 9.47 Å². The molecule has 0 saturated heterocycles. The Morgan fingerprint density at radius 2 is 1.73 bits per heavy atom. The summed E-state index contributed by atoms with van der Waals surface area (Å²) in [6.07, 6.45) is 3.68. The molecule has 9 heteroatoms. The van der Waals surface area contributed by atoms with Crippen molar-refractivity contribution < 1.29 is 32.2 Å². The van der Waals surface area contributed by atoms with Gasteiger partial charge in [0.05, 0.1) is 25.3 Å². The summed E-state index contributed by atoms with van der Waals surface area (Å²) < 4.78 is 50.7. The van der Waals surface area contributed by atoms with Crippen LogP contribution in [0.4, 0.5) is 13.2 Å². The Morgan fingerprint density at radius 1 is 1.05 bits per heavy atom. The molecule has 202 valence electrons. The largest absolute Gasteiger partial charge is 0.573 e. The van der Waals surface area contributed by atoms with Gasteiger partial charge in [-0.2, -0.15) is 0 Å². The molecule has 0 aliphatic heterocycles. The predicted molar refractivity (Wildman–Crippen MR) is 136 cm³/mol. The minimum atomic E-state index is -4.72. The standard InChI is InChI=1S/C20H19F3N2O4.C8H16/c1-27-17-11-16-15(10-13(17)5-8-19(26)28-2)24-18(25-16)9-12-3-6-14(7-4-12)29-20(21,22)23;1-8(2)6-4-3-5-7-8/h3-4,6-7,10-11H,5,8-9H2,1-2H3,(H,24,25);3-7H2,1-2H3. The molecule has 0 bridgehead atoms. The van der Waals surface area contributed by atoms with Crippen LogP contribution in [-0.4, -0.2) is 36.5 Å². The molecule has 0 unspecified atom stereocenters. The number of rotatable bonds is 7. The van der Waals surface area contributed by atoms with E-state index in [-0.39, 0.29) is 18.1 Å². The molecule has 1 aliphatic carbocycles. The number of methoxy groups -OCH3 is 2. The van der Waals surface area contributed by atoms with Gasteiger partial charge in [-0.25, -0.2) is 4.98 Å². The van der Waals surface area contributed by atoms with Crippen LogP contribution in [0.5, 0.6) is 11.5 Å². The van der Waals surface area contributed by atoms with Crippen LogP contribution in [0.3, 0.4) is 0 Å². The molecule has 1 saturated carbocycles. The number of hydrogen-bond donors (Lipinski definition) is 1. The number of esters is 1. The van der Waals surface area contributed by atoms with Gasteiger partial charge in [-0.1, -0.05) is 45.2 Å². The SMILES string of the molecule is CC1(C)CCCCC1.COC(=O)CCc1cc2[nH]c(Cc3ccc(OC(F)(F)F)cc3)nc2cc1OC. The van der Waals surface area contributed by atoms with E-state index in [1.807, 2.05) is 6.07 Å². The molecule has 1 N–H and O–H groups in total. The summed E-state index contributed by atoms with van der Waals surface area (Å²) in [5, 5.41) is 0. The predicted octanol–water partition coefficient (Wildman–Crippen LogP) is 7.14. The molecule has 1 aromatic heterocycles. The van der Waals surface area contributed by atoms with E-state index in [1.54, 1.807) is 25.3 Å². The summed E-state index contributed by atoms with van der Waals surface area (Å²) in [5.41, 5.74) is 3.76. The number of nitrogens with one attached hydrogen (secondary N) is 1. The third kappa shape index (κ3) is 8.98. The van der Waals surface area contributed by atoms with E-state index >= 15 is 0 Å². The number of H-pyrrole nitrogens is 1. The van der Waals surface area contributed by atoms with E-state index < -0.39 is 6.36 Å². The maximum Gasteiger partial charge on any atom is 0.573 e. The molecule has 1 heterocycles. The fourth-order valence-corrected chi connectivity index (χ4v) is 4.45. The van der Waals surface area contributed by atoms with Gasteiger partial charge in [-0.3, -0.25) is 4.79 Å².